The van der Waals surface area contributed by atoms with Crippen molar-refractivity contribution in [2.24, 2.45) is 0 Å². The number of amides is 2. The van der Waals surface area contributed by atoms with E-state index in [0.29, 0.717) is 34.1 Å². The molecule has 1 aliphatic rings. The molecule has 6 heteroatoms. The Balaban J connectivity index is 1.91. The number of benzene rings is 2. The van der Waals surface area contributed by atoms with E-state index in [9.17, 15) is 14.0 Å². The fourth-order valence-electron chi connectivity index (χ4n) is 2.51. The molecule has 2 aromatic rings. The molecule has 0 aliphatic carbocycles. The van der Waals surface area contributed by atoms with E-state index in [1.54, 1.807) is 43.3 Å². The minimum Gasteiger partial charge on any atom is -0.494 e. The van der Waals surface area contributed by atoms with Crippen LogP contribution in [-0.2, 0) is 4.79 Å². The second-order valence-electron chi connectivity index (χ2n) is 5.40. The molecule has 0 unspecified atom stereocenters. The van der Waals surface area contributed by atoms with Crippen LogP contribution in [0.15, 0.2) is 53.4 Å². The highest BCUT2D eigenvalue weighted by Crippen LogP contribution is 2.39. The summed E-state index contributed by atoms with van der Waals surface area (Å²) in [6, 6.07) is 12.6. The van der Waals surface area contributed by atoms with Gasteiger partial charge in [0.05, 0.1) is 17.2 Å². The van der Waals surface area contributed by atoms with E-state index in [4.69, 9.17) is 4.74 Å². The molecule has 0 bridgehead atoms. The van der Waals surface area contributed by atoms with Crippen molar-refractivity contribution in [2.45, 2.75) is 13.8 Å². The van der Waals surface area contributed by atoms with E-state index in [0.717, 1.165) is 16.7 Å². The largest absolute Gasteiger partial charge is 0.494 e. The first-order valence-corrected chi connectivity index (χ1v) is 8.59. The molecule has 25 heavy (non-hydrogen) atoms. The van der Waals surface area contributed by atoms with Gasteiger partial charge in [-0.3, -0.25) is 9.59 Å². The highest BCUT2D eigenvalue weighted by molar-refractivity contribution is 8.19. The molecule has 3 rings (SSSR count). The van der Waals surface area contributed by atoms with Crippen molar-refractivity contribution in [3.05, 3.63) is 64.8 Å². The second kappa shape index (κ2) is 7.11. The van der Waals surface area contributed by atoms with Crippen LogP contribution in [0.5, 0.6) is 5.75 Å². The molecule has 0 atom stereocenters. The number of halogens is 1. The first kappa shape index (κ1) is 17.2. The summed E-state index contributed by atoms with van der Waals surface area (Å²) in [6.45, 7) is 4.18. The van der Waals surface area contributed by atoms with Crippen LogP contribution in [0.3, 0.4) is 0 Å². The third-order valence-corrected chi connectivity index (χ3v) is 4.84. The summed E-state index contributed by atoms with van der Waals surface area (Å²) < 4.78 is 18.4. The van der Waals surface area contributed by atoms with E-state index in [1.165, 1.54) is 12.1 Å². The van der Waals surface area contributed by atoms with Crippen LogP contribution < -0.4 is 9.64 Å². The van der Waals surface area contributed by atoms with Crippen molar-refractivity contribution in [1.29, 1.82) is 0 Å². The molecular weight excluding hydrogens is 341 g/mol. The van der Waals surface area contributed by atoms with Gasteiger partial charge in [-0.1, -0.05) is 12.1 Å². The number of carbonyl (C=O) groups is 2. The van der Waals surface area contributed by atoms with Crippen LogP contribution in [0, 0.1) is 5.82 Å². The van der Waals surface area contributed by atoms with Gasteiger partial charge in [-0.05, 0) is 73.1 Å². The van der Waals surface area contributed by atoms with Crippen molar-refractivity contribution in [2.75, 3.05) is 11.5 Å². The Bertz CT molecular complexity index is 844. The molecule has 0 aromatic heterocycles. The predicted octanol–water partition coefficient (Wildman–Crippen LogP) is 4.86. The van der Waals surface area contributed by atoms with Crippen molar-refractivity contribution in [1.82, 2.24) is 0 Å². The number of imide groups is 1. The van der Waals surface area contributed by atoms with Gasteiger partial charge in [-0.15, -0.1) is 0 Å². The van der Waals surface area contributed by atoms with Crippen LogP contribution in [0.4, 0.5) is 14.9 Å². The van der Waals surface area contributed by atoms with Gasteiger partial charge < -0.3 is 4.74 Å². The average molecular weight is 357 g/mol. The summed E-state index contributed by atoms with van der Waals surface area (Å²) in [5, 5.41) is -0.356. The highest BCUT2D eigenvalue weighted by atomic mass is 32.2. The van der Waals surface area contributed by atoms with Gasteiger partial charge in [0, 0.05) is 0 Å². The Hall–Kier alpha value is -2.60. The second-order valence-corrected chi connectivity index (χ2v) is 6.36. The molecule has 4 nitrogen and oxygen atoms in total. The molecule has 0 saturated carbocycles. The van der Waals surface area contributed by atoms with E-state index < -0.39 is 0 Å². The summed E-state index contributed by atoms with van der Waals surface area (Å²) in [4.78, 5) is 26.6. The van der Waals surface area contributed by atoms with Crippen LogP contribution in [0.2, 0.25) is 0 Å². The number of allylic oxidation sites excluding steroid dienone is 1. The minimum atomic E-state index is -0.374. The van der Waals surface area contributed by atoms with Crippen LogP contribution >= 0.6 is 11.8 Å². The molecule has 1 saturated heterocycles. The van der Waals surface area contributed by atoms with Crippen LogP contribution in [0.1, 0.15) is 19.4 Å². The summed E-state index contributed by atoms with van der Waals surface area (Å²) in [5.74, 6) is -0.0451. The minimum absolute atomic E-state index is 0.348. The van der Waals surface area contributed by atoms with E-state index in [1.807, 2.05) is 6.92 Å². The Labute approximate surface area is 149 Å². The lowest BCUT2D eigenvalue weighted by atomic mass is 10.1. The number of nitrogens with zero attached hydrogens (tertiary/aromatic N) is 1. The van der Waals surface area contributed by atoms with Crippen molar-refractivity contribution in [3.8, 4) is 5.75 Å². The molecule has 0 spiro atoms. The highest BCUT2D eigenvalue weighted by Gasteiger charge is 2.37. The van der Waals surface area contributed by atoms with Gasteiger partial charge >= 0.3 is 0 Å². The summed E-state index contributed by atoms with van der Waals surface area (Å²) in [5.41, 5.74) is 1.85. The monoisotopic (exact) mass is 357 g/mol. The summed E-state index contributed by atoms with van der Waals surface area (Å²) in [6.07, 6.45) is 0. The lowest BCUT2D eigenvalue weighted by molar-refractivity contribution is -0.113. The van der Waals surface area contributed by atoms with Crippen molar-refractivity contribution >= 4 is 34.2 Å². The molecule has 1 aliphatic heterocycles. The average Bonchev–Trinajstić information content (AvgIpc) is 2.91. The standard InChI is InChI=1S/C19H16FNO3S/c1-3-24-16-10-8-15(9-11-16)21-18(22)17(25-19(21)23)12(2)13-4-6-14(20)7-5-13/h4-11H,3H2,1-2H3/b17-12-. The zero-order valence-electron chi connectivity index (χ0n) is 13.8. The fourth-order valence-corrected chi connectivity index (χ4v) is 3.41. The maximum absolute atomic E-state index is 13.1. The number of anilines is 1. The summed E-state index contributed by atoms with van der Waals surface area (Å²) in [7, 11) is 0. The Kier molecular flexibility index (Phi) is 4.90. The van der Waals surface area contributed by atoms with E-state index in [2.05, 4.69) is 0 Å². The van der Waals surface area contributed by atoms with Crippen LogP contribution in [-0.4, -0.2) is 17.8 Å². The van der Waals surface area contributed by atoms with Crippen molar-refractivity contribution < 1.29 is 18.7 Å². The molecule has 128 valence electrons. The van der Waals surface area contributed by atoms with Gasteiger partial charge in [-0.2, -0.15) is 0 Å². The van der Waals surface area contributed by atoms with Gasteiger partial charge in [0.15, 0.2) is 0 Å². The molecular formula is C19H16FNO3S. The predicted molar refractivity (Wildman–Crippen MR) is 97.1 cm³/mol. The SMILES string of the molecule is CCOc1ccc(N2C(=O)S/C(=C(/C)c3ccc(F)cc3)C2=O)cc1. The lowest BCUT2D eigenvalue weighted by Crippen LogP contribution is -2.27. The van der Waals surface area contributed by atoms with Gasteiger partial charge in [0.2, 0.25) is 0 Å². The number of rotatable bonds is 4. The van der Waals surface area contributed by atoms with Gasteiger partial charge in [-0.25, -0.2) is 9.29 Å². The summed E-state index contributed by atoms with van der Waals surface area (Å²) >= 11 is 0.890. The fraction of sp³-hybridized carbons (Fsp3) is 0.158. The third-order valence-electron chi connectivity index (χ3n) is 3.79. The number of thioether (sulfide) groups is 1. The number of carbonyl (C=O) groups excluding carboxylic acids is 2. The zero-order chi connectivity index (χ0) is 18.0. The molecule has 2 amide bonds. The maximum atomic E-state index is 13.1. The number of ether oxygens (including phenoxy) is 1. The number of hydrogen-bond donors (Lipinski definition) is 0. The molecule has 0 N–H and O–H groups in total. The lowest BCUT2D eigenvalue weighted by Gasteiger charge is -2.13. The number of hydrogen-bond acceptors (Lipinski definition) is 4. The third kappa shape index (κ3) is 3.44. The zero-order valence-corrected chi connectivity index (χ0v) is 14.6. The topological polar surface area (TPSA) is 46.6 Å². The Morgan fingerprint density at radius 3 is 2.32 bits per heavy atom. The molecule has 1 fully saturated rings. The molecule has 2 aromatic carbocycles. The normalized spacial score (nSPS) is 16.4. The van der Waals surface area contributed by atoms with Crippen LogP contribution in [0.25, 0.3) is 5.57 Å². The van der Waals surface area contributed by atoms with Gasteiger partial charge in [0.1, 0.15) is 11.6 Å². The first-order valence-electron chi connectivity index (χ1n) is 7.77. The Morgan fingerprint density at radius 2 is 1.72 bits per heavy atom. The Morgan fingerprint density at radius 1 is 1.08 bits per heavy atom. The quantitative estimate of drug-likeness (QED) is 0.734. The smallest absolute Gasteiger partial charge is 0.298 e. The van der Waals surface area contributed by atoms with E-state index in [-0.39, 0.29) is 17.0 Å². The first-order chi connectivity index (χ1) is 12.0. The van der Waals surface area contributed by atoms with Gasteiger partial charge in [0.25, 0.3) is 11.1 Å². The maximum Gasteiger partial charge on any atom is 0.298 e. The van der Waals surface area contributed by atoms with Crippen molar-refractivity contribution in [3.63, 3.8) is 0 Å². The molecule has 0 radical (unpaired) electrons. The molecule has 1 heterocycles. The van der Waals surface area contributed by atoms with E-state index >= 15 is 0 Å².